The minimum Gasteiger partial charge on any atom is -0.469 e. The minimum absolute atomic E-state index is 0.148. The average molecular weight is 582 g/mol. The largest absolute Gasteiger partial charge is 0.469 e. The molecule has 2 aromatic heterocycles. The first-order valence-corrected chi connectivity index (χ1v) is 14.3. The highest BCUT2D eigenvalue weighted by Crippen LogP contribution is 2.48. The van der Waals surface area contributed by atoms with E-state index in [2.05, 4.69) is 32.4 Å². The van der Waals surface area contributed by atoms with Gasteiger partial charge in [0, 0.05) is 67.3 Å². The van der Waals surface area contributed by atoms with Crippen molar-refractivity contribution in [2.24, 2.45) is 11.7 Å². The smallest absolute Gasteiger partial charge is 0.257 e. The highest BCUT2D eigenvalue weighted by atomic mass is 35.5. The molecule has 3 N–H and O–H groups in total. The summed E-state index contributed by atoms with van der Waals surface area (Å²) in [4.78, 5) is 22.0. The molecule has 216 valence electrons. The van der Waals surface area contributed by atoms with Crippen LogP contribution >= 0.6 is 11.6 Å². The number of nitrogens with one attached hydrogen (secondary N) is 1. The number of carbonyl (C=O) groups excluding carboxylic acids is 1. The molecule has 10 nitrogen and oxygen atoms in total. The van der Waals surface area contributed by atoms with Crippen LogP contribution in [0.4, 0.5) is 15.8 Å². The number of hydrogen-bond acceptors (Lipinski definition) is 9. The van der Waals surface area contributed by atoms with Crippen LogP contribution in [-0.2, 0) is 9.53 Å². The molecule has 2 saturated heterocycles. The zero-order valence-electron chi connectivity index (χ0n) is 22.8. The second-order valence-electron chi connectivity index (χ2n) is 10.9. The summed E-state index contributed by atoms with van der Waals surface area (Å²) in [7, 11) is 2.12. The molecule has 1 amide bonds. The zero-order chi connectivity index (χ0) is 28.5. The maximum Gasteiger partial charge on any atom is 0.257 e. The Morgan fingerprint density at radius 2 is 2.00 bits per heavy atom. The van der Waals surface area contributed by atoms with Crippen molar-refractivity contribution < 1.29 is 18.7 Å². The molecule has 0 radical (unpaired) electrons. The van der Waals surface area contributed by atoms with E-state index >= 15 is 0 Å². The van der Waals surface area contributed by atoms with E-state index in [1.807, 2.05) is 12.1 Å². The van der Waals surface area contributed by atoms with E-state index in [1.165, 1.54) is 18.2 Å². The van der Waals surface area contributed by atoms with E-state index in [9.17, 15) is 9.18 Å². The quantitative estimate of drug-likeness (QED) is 0.412. The number of rotatable bonds is 8. The van der Waals surface area contributed by atoms with E-state index in [0.29, 0.717) is 41.7 Å². The van der Waals surface area contributed by atoms with Gasteiger partial charge in [-0.05, 0) is 49.9 Å². The Morgan fingerprint density at radius 3 is 2.76 bits per heavy atom. The molecule has 4 unspecified atom stereocenters. The van der Waals surface area contributed by atoms with Crippen LogP contribution in [0.15, 0.2) is 42.6 Å². The van der Waals surface area contributed by atoms with Gasteiger partial charge in [0.2, 0.25) is 5.91 Å². The molecule has 41 heavy (non-hydrogen) atoms. The van der Waals surface area contributed by atoms with Gasteiger partial charge < -0.3 is 25.4 Å². The number of carbonyl (C=O) groups is 1. The third-order valence-electron chi connectivity index (χ3n) is 8.27. The topological polar surface area (TPSA) is 119 Å². The third kappa shape index (κ3) is 5.85. The van der Waals surface area contributed by atoms with Gasteiger partial charge in [-0.25, -0.2) is 4.39 Å². The zero-order valence-corrected chi connectivity index (χ0v) is 23.6. The molecule has 4 heterocycles. The molecule has 12 heteroatoms. The Balaban J connectivity index is 1.36. The Hall–Kier alpha value is -3.38. The van der Waals surface area contributed by atoms with Crippen molar-refractivity contribution in [1.29, 1.82) is 0 Å². The Kier molecular flexibility index (Phi) is 8.03. The van der Waals surface area contributed by atoms with Crippen LogP contribution in [0.2, 0.25) is 5.02 Å². The normalized spacial score (nSPS) is 25.0. The average Bonchev–Trinajstić information content (AvgIpc) is 3.46. The number of ether oxygens (including phenoxy) is 2. The fourth-order valence-corrected chi connectivity index (χ4v) is 6.07. The van der Waals surface area contributed by atoms with Crippen LogP contribution in [-0.4, -0.2) is 89.5 Å². The summed E-state index contributed by atoms with van der Waals surface area (Å²) in [6.45, 7) is 4.82. The van der Waals surface area contributed by atoms with Gasteiger partial charge in [-0.1, -0.05) is 11.6 Å². The number of aromatic nitrogens is 3. The predicted molar refractivity (Wildman–Crippen MR) is 153 cm³/mol. The van der Waals surface area contributed by atoms with Crippen molar-refractivity contribution in [2.45, 2.75) is 30.9 Å². The Labute approximate surface area is 243 Å². The first-order chi connectivity index (χ1) is 19.9. The van der Waals surface area contributed by atoms with Crippen molar-refractivity contribution in [2.75, 3.05) is 51.8 Å². The number of hydrogen-bond donors (Lipinski definition) is 2. The number of primary amides is 1. The van der Waals surface area contributed by atoms with E-state index in [4.69, 9.17) is 31.8 Å². The predicted octanol–water partition coefficient (Wildman–Crippen LogP) is 3.45. The first-order valence-electron chi connectivity index (χ1n) is 13.9. The SMILES string of the molecule is CN1CCN(C2CC(C(N)=O)C2c2ncccc2Nc2cc(-c3cc(Cl)ccc3F)nnc2OC2CCOC2)CC1. The van der Waals surface area contributed by atoms with Crippen molar-refractivity contribution in [1.82, 2.24) is 25.0 Å². The van der Waals surface area contributed by atoms with E-state index < -0.39 is 5.82 Å². The van der Waals surface area contributed by atoms with Crippen molar-refractivity contribution in [3.8, 4) is 17.1 Å². The van der Waals surface area contributed by atoms with Crippen molar-refractivity contribution >= 4 is 28.9 Å². The molecule has 0 bridgehead atoms. The lowest BCUT2D eigenvalue weighted by Gasteiger charge is -2.50. The number of benzene rings is 1. The van der Waals surface area contributed by atoms with Gasteiger partial charge in [0.1, 0.15) is 17.6 Å². The van der Waals surface area contributed by atoms with Gasteiger partial charge in [0.05, 0.1) is 30.3 Å². The molecule has 4 atom stereocenters. The van der Waals surface area contributed by atoms with Gasteiger partial charge >= 0.3 is 0 Å². The lowest BCUT2D eigenvalue weighted by molar-refractivity contribution is -0.128. The first kappa shape index (κ1) is 27.8. The fraction of sp³-hybridized carbons (Fsp3) is 0.448. The lowest BCUT2D eigenvalue weighted by atomic mass is 9.65. The molecule has 1 aromatic carbocycles. The van der Waals surface area contributed by atoms with Crippen LogP contribution in [0, 0.1) is 11.7 Å². The Bertz CT molecular complexity index is 1410. The number of piperazine rings is 1. The van der Waals surface area contributed by atoms with Crippen LogP contribution in [0.1, 0.15) is 24.5 Å². The summed E-state index contributed by atoms with van der Waals surface area (Å²) >= 11 is 6.16. The summed E-state index contributed by atoms with van der Waals surface area (Å²) < 4.78 is 26.4. The van der Waals surface area contributed by atoms with Gasteiger partial charge in [-0.15, -0.1) is 10.2 Å². The molecule has 1 aliphatic carbocycles. The van der Waals surface area contributed by atoms with Gasteiger partial charge in [-0.3, -0.25) is 14.7 Å². The molecule has 3 aromatic rings. The molecular weight excluding hydrogens is 549 g/mol. The molecular formula is C29H33ClFN7O3. The van der Waals surface area contributed by atoms with E-state index in [0.717, 1.165) is 38.3 Å². The molecule has 6 rings (SSSR count). The van der Waals surface area contributed by atoms with Gasteiger partial charge in [0.25, 0.3) is 5.88 Å². The lowest BCUT2D eigenvalue weighted by Crippen LogP contribution is -2.59. The number of nitrogens with zero attached hydrogens (tertiary/aromatic N) is 5. The minimum atomic E-state index is -0.469. The summed E-state index contributed by atoms with van der Waals surface area (Å²) in [5.41, 5.74) is 8.30. The fourth-order valence-electron chi connectivity index (χ4n) is 5.90. The van der Waals surface area contributed by atoms with Crippen LogP contribution in [0.3, 0.4) is 0 Å². The summed E-state index contributed by atoms with van der Waals surface area (Å²) in [5.74, 6) is -1.04. The second kappa shape index (κ2) is 11.8. The van der Waals surface area contributed by atoms with E-state index in [-0.39, 0.29) is 41.3 Å². The van der Waals surface area contributed by atoms with Crippen LogP contribution < -0.4 is 15.8 Å². The van der Waals surface area contributed by atoms with Crippen molar-refractivity contribution in [3.05, 3.63) is 59.1 Å². The standard InChI is InChI=1S/C29H33ClFN7O3/c1-37-8-10-38(11-9-37)25-14-20(28(32)39)26(25)27-22(3-2-7-33-27)34-24-15-23(19-13-17(30)4-5-21(19)31)35-36-29(24)41-18-6-12-40-16-18/h2-5,7,13,15,18,20,25-26H,6,8-12,14,16H2,1H3,(H2,32,39)(H,34,35). The monoisotopic (exact) mass is 581 g/mol. The maximum atomic E-state index is 14.8. The summed E-state index contributed by atoms with van der Waals surface area (Å²) in [6, 6.07) is 9.86. The number of likely N-dealkylation sites (N-methyl/N-ethyl adjacent to an activating group) is 1. The number of anilines is 2. The molecule has 3 aliphatic rings. The summed E-state index contributed by atoms with van der Waals surface area (Å²) in [6.07, 6.45) is 2.96. The maximum absolute atomic E-state index is 14.8. The molecule has 2 aliphatic heterocycles. The number of halogens is 2. The van der Waals surface area contributed by atoms with E-state index in [1.54, 1.807) is 12.3 Å². The van der Waals surface area contributed by atoms with Gasteiger partial charge in [-0.2, -0.15) is 0 Å². The second-order valence-corrected chi connectivity index (χ2v) is 11.4. The Morgan fingerprint density at radius 1 is 1.17 bits per heavy atom. The van der Waals surface area contributed by atoms with Crippen LogP contribution in [0.5, 0.6) is 5.88 Å². The van der Waals surface area contributed by atoms with Crippen molar-refractivity contribution in [3.63, 3.8) is 0 Å². The summed E-state index contributed by atoms with van der Waals surface area (Å²) in [5, 5.41) is 12.4. The highest BCUT2D eigenvalue weighted by molar-refractivity contribution is 6.30. The number of nitrogens with two attached hydrogens (primary N) is 1. The molecule has 0 spiro atoms. The molecule has 1 saturated carbocycles. The van der Waals surface area contributed by atoms with Crippen LogP contribution in [0.25, 0.3) is 11.3 Å². The van der Waals surface area contributed by atoms with Gasteiger partial charge in [0.15, 0.2) is 0 Å². The number of amides is 1. The highest BCUT2D eigenvalue weighted by Gasteiger charge is 2.49. The molecule has 3 fully saturated rings. The number of pyridine rings is 1. The third-order valence-corrected chi connectivity index (χ3v) is 8.51.